The molecule has 2 saturated heterocycles. The number of aromatic nitrogens is 1. The van der Waals surface area contributed by atoms with Crippen LogP contribution < -0.4 is 4.90 Å². The molecule has 4 rings (SSSR count). The Kier molecular flexibility index (Phi) is 5.60. The highest BCUT2D eigenvalue weighted by Gasteiger charge is 2.27. The van der Waals surface area contributed by atoms with E-state index in [1.807, 2.05) is 18.3 Å². The molecule has 2 aromatic heterocycles. The average Bonchev–Trinajstić information content (AvgIpc) is 3.15. The summed E-state index contributed by atoms with van der Waals surface area (Å²) in [4.78, 5) is 35.4. The lowest BCUT2D eigenvalue weighted by Crippen LogP contribution is -2.50. The number of furan rings is 1. The number of carbonyl (C=O) groups is 2. The molecule has 7 heteroatoms. The molecule has 0 bridgehead atoms. The zero-order valence-corrected chi connectivity index (χ0v) is 16.0. The van der Waals surface area contributed by atoms with E-state index in [-0.39, 0.29) is 11.8 Å². The molecule has 2 aliphatic heterocycles. The van der Waals surface area contributed by atoms with Crippen LogP contribution >= 0.6 is 0 Å². The Morgan fingerprint density at radius 3 is 2.07 bits per heavy atom. The first-order valence-corrected chi connectivity index (χ1v) is 10.1. The van der Waals surface area contributed by atoms with E-state index in [0.29, 0.717) is 37.6 Å². The molecule has 0 aliphatic carbocycles. The van der Waals surface area contributed by atoms with Gasteiger partial charge in [0.05, 0.1) is 18.1 Å². The van der Waals surface area contributed by atoms with Crippen LogP contribution in [-0.4, -0.2) is 65.9 Å². The highest BCUT2D eigenvalue weighted by Crippen LogP contribution is 2.19. The van der Waals surface area contributed by atoms with Crippen molar-refractivity contribution in [2.45, 2.75) is 25.7 Å². The standard InChI is InChI=1S/C21H26N4O3/c26-20(18-8-7-17(16-22-18)23-9-3-1-2-4-10-23)24-11-13-25(14-12-24)21(27)19-6-5-15-28-19/h5-8,15-16H,1-4,9-14H2. The van der Waals surface area contributed by atoms with E-state index in [0.717, 1.165) is 18.8 Å². The van der Waals surface area contributed by atoms with Gasteiger partial charge >= 0.3 is 0 Å². The lowest BCUT2D eigenvalue weighted by Gasteiger charge is -2.34. The molecule has 0 saturated carbocycles. The second-order valence-electron chi connectivity index (χ2n) is 7.36. The highest BCUT2D eigenvalue weighted by molar-refractivity contribution is 5.93. The van der Waals surface area contributed by atoms with Crippen LogP contribution in [0.3, 0.4) is 0 Å². The number of pyridine rings is 1. The molecule has 4 heterocycles. The van der Waals surface area contributed by atoms with E-state index in [2.05, 4.69) is 9.88 Å². The Balaban J connectivity index is 1.34. The Hall–Kier alpha value is -2.83. The van der Waals surface area contributed by atoms with Crippen molar-refractivity contribution in [1.82, 2.24) is 14.8 Å². The van der Waals surface area contributed by atoms with Crippen molar-refractivity contribution in [1.29, 1.82) is 0 Å². The second kappa shape index (κ2) is 8.46. The van der Waals surface area contributed by atoms with Crippen molar-refractivity contribution < 1.29 is 14.0 Å². The summed E-state index contributed by atoms with van der Waals surface area (Å²) in [5.74, 6) is 0.134. The number of hydrogen-bond donors (Lipinski definition) is 0. The van der Waals surface area contributed by atoms with Gasteiger partial charge in [-0.3, -0.25) is 9.59 Å². The lowest BCUT2D eigenvalue weighted by molar-refractivity contribution is 0.0515. The molecule has 7 nitrogen and oxygen atoms in total. The van der Waals surface area contributed by atoms with Crippen molar-refractivity contribution in [3.05, 3.63) is 48.2 Å². The van der Waals surface area contributed by atoms with Gasteiger partial charge < -0.3 is 19.1 Å². The average molecular weight is 382 g/mol. The summed E-state index contributed by atoms with van der Waals surface area (Å²) >= 11 is 0. The van der Waals surface area contributed by atoms with Crippen LogP contribution in [0, 0.1) is 0 Å². The maximum Gasteiger partial charge on any atom is 0.289 e. The Morgan fingerprint density at radius 2 is 1.50 bits per heavy atom. The van der Waals surface area contributed by atoms with Gasteiger partial charge in [0.15, 0.2) is 5.76 Å². The molecule has 2 amide bonds. The molecule has 0 spiro atoms. The van der Waals surface area contributed by atoms with Gasteiger partial charge in [-0.1, -0.05) is 12.8 Å². The number of piperazine rings is 1. The van der Waals surface area contributed by atoms with Crippen molar-refractivity contribution in [3.8, 4) is 0 Å². The van der Waals surface area contributed by atoms with Crippen molar-refractivity contribution in [3.63, 3.8) is 0 Å². The number of carbonyl (C=O) groups excluding carboxylic acids is 2. The quantitative estimate of drug-likeness (QED) is 0.816. The minimum absolute atomic E-state index is 0.0764. The third-order valence-corrected chi connectivity index (χ3v) is 5.52. The molecule has 0 N–H and O–H groups in total. The van der Waals surface area contributed by atoms with Gasteiger partial charge in [-0.15, -0.1) is 0 Å². The van der Waals surface area contributed by atoms with Crippen LogP contribution in [0.5, 0.6) is 0 Å². The summed E-state index contributed by atoms with van der Waals surface area (Å²) < 4.78 is 5.18. The molecule has 2 aromatic rings. The van der Waals surface area contributed by atoms with Crippen LogP contribution in [0.25, 0.3) is 0 Å². The van der Waals surface area contributed by atoms with Crippen molar-refractivity contribution >= 4 is 17.5 Å². The number of amides is 2. The minimum Gasteiger partial charge on any atom is -0.459 e. The molecular weight excluding hydrogens is 356 g/mol. The monoisotopic (exact) mass is 382 g/mol. The van der Waals surface area contributed by atoms with E-state index in [1.54, 1.807) is 21.9 Å². The van der Waals surface area contributed by atoms with Gasteiger partial charge in [-0.2, -0.15) is 0 Å². The van der Waals surface area contributed by atoms with Gasteiger partial charge in [0.1, 0.15) is 5.69 Å². The fourth-order valence-electron chi connectivity index (χ4n) is 3.86. The smallest absolute Gasteiger partial charge is 0.289 e. The summed E-state index contributed by atoms with van der Waals surface area (Å²) in [5, 5.41) is 0. The van der Waals surface area contributed by atoms with Crippen LogP contribution in [-0.2, 0) is 0 Å². The number of anilines is 1. The predicted molar refractivity (Wildman–Crippen MR) is 105 cm³/mol. The largest absolute Gasteiger partial charge is 0.459 e. The minimum atomic E-state index is -0.128. The molecule has 2 aliphatic rings. The normalized spacial score (nSPS) is 18.1. The first-order valence-electron chi connectivity index (χ1n) is 10.1. The fourth-order valence-corrected chi connectivity index (χ4v) is 3.86. The summed E-state index contributed by atoms with van der Waals surface area (Å²) in [6.45, 7) is 4.11. The van der Waals surface area contributed by atoms with Gasteiger partial charge in [-0.25, -0.2) is 4.98 Å². The lowest BCUT2D eigenvalue weighted by atomic mass is 10.2. The second-order valence-corrected chi connectivity index (χ2v) is 7.36. The maximum atomic E-state index is 12.8. The van der Waals surface area contributed by atoms with Gasteiger partial charge in [0.25, 0.3) is 11.8 Å². The van der Waals surface area contributed by atoms with Crippen LogP contribution in [0.2, 0.25) is 0 Å². The SMILES string of the molecule is O=C(c1ccc(N2CCCCCC2)cn1)N1CCN(C(=O)c2ccco2)CC1. The molecule has 2 fully saturated rings. The fraction of sp³-hybridized carbons (Fsp3) is 0.476. The van der Waals surface area contributed by atoms with E-state index in [1.165, 1.54) is 31.9 Å². The number of nitrogens with zero attached hydrogens (tertiary/aromatic N) is 4. The van der Waals surface area contributed by atoms with E-state index < -0.39 is 0 Å². The summed E-state index contributed by atoms with van der Waals surface area (Å²) in [7, 11) is 0. The molecule has 28 heavy (non-hydrogen) atoms. The van der Waals surface area contributed by atoms with Gasteiger partial charge in [-0.05, 0) is 37.1 Å². The van der Waals surface area contributed by atoms with E-state index in [4.69, 9.17) is 4.42 Å². The zero-order valence-electron chi connectivity index (χ0n) is 16.0. The summed E-state index contributed by atoms with van der Waals surface area (Å²) in [5.41, 5.74) is 1.55. The molecule has 0 aromatic carbocycles. The molecular formula is C21H26N4O3. The van der Waals surface area contributed by atoms with Crippen LogP contribution in [0.1, 0.15) is 46.7 Å². The maximum absolute atomic E-state index is 12.8. The van der Waals surface area contributed by atoms with Gasteiger partial charge in [0.2, 0.25) is 0 Å². The number of rotatable bonds is 3. The molecule has 0 atom stereocenters. The predicted octanol–water partition coefficient (Wildman–Crippen LogP) is 2.65. The summed E-state index contributed by atoms with van der Waals surface area (Å²) in [6, 6.07) is 7.19. The Labute approximate surface area is 164 Å². The first kappa shape index (κ1) is 18.5. The molecule has 0 unspecified atom stereocenters. The Bertz CT molecular complexity index is 788. The third kappa shape index (κ3) is 4.03. The topological polar surface area (TPSA) is 69.9 Å². The highest BCUT2D eigenvalue weighted by atomic mass is 16.3. The Morgan fingerprint density at radius 1 is 0.821 bits per heavy atom. The van der Waals surface area contributed by atoms with Gasteiger partial charge in [0, 0.05) is 39.3 Å². The third-order valence-electron chi connectivity index (χ3n) is 5.52. The van der Waals surface area contributed by atoms with Crippen molar-refractivity contribution in [2.24, 2.45) is 0 Å². The molecule has 0 radical (unpaired) electrons. The zero-order chi connectivity index (χ0) is 19.3. The number of hydrogen-bond acceptors (Lipinski definition) is 5. The molecule has 148 valence electrons. The first-order chi connectivity index (χ1) is 13.7. The van der Waals surface area contributed by atoms with Crippen LogP contribution in [0.4, 0.5) is 5.69 Å². The van der Waals surface area contributed by atoms with E-state index in [9.17, 15) is 9.59 Å². The summed E-state index contributed by atoms with van der Waals surface area (Å²) in [6.07, 6.45) is 8.30. The van der Waals surface area contributed by atoms with E-state index >= 15 is 0 Å². The van der Waals surface area contributed by atoms with Crippen LogP contribution in [0.15, 0.2) is 41.1 Å². The van der Waals surface area contributed by atoms with Crippen molar-refractivity contribution in [2.75, 3.05) is 44.2 Å².